The number of hydrogen-bond donors (Lipinski definition) is 0. The van der Waals surface area contributed by atoms with Gasteiger partial charge in [0, 0.05) is 26.0 Å². The maximum absolute atomic E-state index is 13.0. The van der Waals surface area contributed by atoms with Gasteiger partial charge in [0.05, 0.1) is 11.8 Å². The maximum Gasteiger partial charge on any atom is 0.233 e. The highest BCUT2D eigenvalue weighted by Crippen LogP contribution is 2.22. The molecule has 0 bridgehead atoms. The van der Waals surface area contributed by atoms with Crippen molar-refractivity contribution < 1.29 is 9.18 Å². The summed E-state index contributed by atoms with van der Waals surface area (Å²) in [6, 6.07) is 6.15. The Kier molecular flexibility index (Phi) is 5.60. The number of aromatic nitrogens is 2. The van der Waals surface area contributed by atoms with Crippen LogP contribution in [0.25, 0.3) is 0 Å². The molecule has 0 fully saturated rings. The van der Waals surface area contributed by atoms with E-state index in [1.165, 1.54) is 23.9 Å². The summed E-state index contributed by atoms with van der Waals surface area (Å²) in [5.74, 6) is 0.0818. The van der Waals surface area contributed by atoms with Crippen LogP contribution in [0, 0.1) is 5.82 Å². The van der Waals surface area contributed by atoms with Gasteiger partial charge in [-0.05, 0) is 31.5 Å². The lowest BCUT2D eigenvalue weighted by Gasteiger charge is -2.25. The first kappa shape index (κ1) is 16.5. The van der Waals surface area contributed by atoms with Gasteiger partial charge in [0.2, 0.25) is 5.91 Å². The van der Waals surface area contributed by atoms with E-state index in [0.29, 0.717) is 5.75 Å². The van der Waals surface area contributed by atoms with Crippen molar-refractivity contribution in [2.75, 3.05) is 12.8 Å². The fraction of sp³-hybridized carbons (Fsp3) is 0.375. The zero-order valence-corrected chi connectivity index (χ0v) is 13.8. The molecule has 0 aliphatic heterocycles. The largest absolute Gasteiger partial charge is 0.338 e. The van der Waals surface area contributed by atoms with E-state index in [0.717, 1.165) is 17.3 Å². The highest BCUT2D eigenvalue weighted by atomic mass is 32.2. The molecule has 1 heterocycles. The summed E-state index contributed by atoms with van der Waals surface area (Å²) in [7, 11) is 1.77. The minimum absolute atomic E-state index is 0.0208. The van der Waals surface area contributed by atoms with Crippen LogP contribution in [0.4, 0.5) is 4.39 Å². The summed E-state index contributed by atoms with van der Waals surface area (Å²) in [4.78, 5) is 18.2. The Morgan fingerprint density at radius 1 is 1.41 bits per heavy atom. The number of thioether (sulfide) groups is 1. The Labute approximate surface area is 134 Å². The number of halogens is 1. The number of aryl methyl sites for hydroxylation is 1. The molecular weight excluding hydrogens is 301 g/mol. The fourth-order valence-electron chi connectivity index (χ4n) is 2.09. The highest BCUT2D eigenvalue weighted by Gasteiger charge is 2.18. The first-order valence-corrected chi connectivity index (χ1v) is 8.16. The van der Waals surface area contributed by atoms with Crippen LogP contribution in [0.3, 0.4) is 0 Å². The number of hydrogen-bond acceptors (Lipinski definition) is 3. The van der Waals surface area contributed by atoms with Crippen LogP contribution < -0.4 is 0 Å². The van der Waals surface area contributed by atoms with E-state index in [-0.39, 0.29) is 17.8 Å². The van der Waals surface area contributed by atoms with Crippen LogP contribution in [0.1, 0.15) is 25.5 Å². The molecule has 1 unspecified atom stereocenters. The molecule has 0 spiro atoms. The quantitative estimate of drug-likeness (QED) is 0.766. The van der Waals surface area contributed by atoms with Crippen molar-refractivity contribution >= 4 is 17.7 Å². The Morgan fingerprint density at radius 2 is 2.09 bits per heavy atom. The zero-order valence-electron chi connectivity index (χ0n) is 13.0. The first-order chi connectivity index (χ1) is 10.5. The molecular formula is C16H20FN3OS. The lowest BCUT2D eigenvalue weighted by molar-refractivity contribution is -0.128. The smallest absolute Gasteiger partial charge is 0.233 e. The Morgan fingerprint density at radius 3 is 2.73 bits per heavy atom. The minimum atomic E-state index is -0.271. The minimum Gasteiger partial charge on any atom is -0.338 e. The highest BCUT2D eigenvalue weighted by molar-refractivity contribution is 7.99. The lowest BCUT2D eigenvalue weighted by Crippen LogP contribution is -2.31. The lowest BCUT2D eigenvalue weighted by atomic mass is 10.1. The molecule has 1 aromatic heterocycles. The number of imidazole rings is 1. The van der Waals surface area contributed by atoms with Gasteiger partial charge in [0.15, 0.2) is 5.16 Å². The third-order valence-electron chi connectivity index (χ3n) is 3.67. The van der Waals surface area contributed by atoms with Crippen molar-refractivity contribution in [2.24, 2.45) is 0 Å². The number of nitrogens with zero attached hydrogens (tertiary/aromatic N) is 3. The third-order valence-corrected chi connectivity index (χ3v) is 4.66. The summed E-state index contributed by atoms with van der Waals surface area (Å²) in [6.07, 6.45) is 3.64. The van der Waals surface area contributed by atoms with Crippen LogP contribution in [0.15, 0.2) is 41.8 Å². The molecule has 2 rings (SSSR count). The van der Waals surface area contributed by atoms with Crippen molar-refractivity contribution in [1.29, 1.82) is 0 Å². The summed E-state index contributed by atoms with van der Waals surface area (Å²) >= 11 is 1.43. The van der Waals surface area contributed by atoms with Crippen molar-refractivity contribution in [3.05, 3.63) is 48.0 Å². The molecule has 2 aromatic rings. The van der Waals surface area contributed by atoms with Crippen LogP contribution in [-0.4, -0.2) is 33.2 Å². The Hall–Kier alpha value is -1.82. The van der Waals surface area contributed by atoms with Gasteiger partial charge in [0.25, 0.3) is 0 Å². The van der Waals surface area contributed by atoms with Crippen LogP contribution in [0.2, 0.25) is 0 Å². The molecule has 0 N–H and O–H groups in total. The van der Waals surface area contributed by atoms with E-state index < -0.39 is 0 Å². The summed E-state index contributed by atoms with van der Waals surface area (Å²) in [5.41, 5.74) is 0.914. The van der Waals surface area contributed by atoms with Crippen LogP contribution >= 0.6 is 11.8 Å². The van der Waals surface area contributed by atoms with Crippen LogP contribution in [-0.2, 0) is 11.3 Å². The second-order valence-electron chi connectivity index (χ2n) is 5.02. The predicted molar refractivity (Wildman–Crippen MR) is 86.2 cm³/mol. The Bertz CT molecular complexity index is 627. The van der Waals surface area contributed by atoms with Crippen LogP contribution in [0.5, 0.6) is 0 Å². The summed E-state index contributed by atoms with van der Waals surface area (Å²) in [6.45, 7) is 4.80. The molecule has 22 heavy (non-hydrogen) atoms. The van der Waals surface area contributed by atoms with Gasteiger partial charge in [-0.15, -0.1) is 0 Å². The normalized spacial score (nSPS) is 12.2. The van der Waals surface area contributed by atoms with Gasteiger partial charge in [-0.1, -0.05) is 23.9 Å². The second kappa shape index (κ2) is 7.45. The summed E-state index contributed by atoms with van der Waals surface area (Å²) in [5, 5.41) is 0.846. The fourth-order valence-corrected chi connectivity index (χ4v) is 3.03. The van der Waals surface area contributed by atoms with E-state index in [9.17, 15) is 9.18 Å². The molecule has 0 saturated carbocycles. The van der Waals surface area contributed by atoms with Gasteiger partial charge in [-0.2, -0.15) is 0 Å². The standard InChI is InChI=1S/C16H20FN3OS/c1-4-20-10-9-18-16(20)22-11-15(21)19(3)12(2)13-5-7-14(17)8-6-13/h5-10,12H,4,11H2,1-3H3. The molecule has 0 radical (unpaired) electrons. The van der Waals surface area contributed by atoms with Crippen molar-refractivity contribution in [2.45, 2.75) is 31.6 Å². The maximum atomic E-state index is 13.0. The topological polar surface area (TPSA) is 38.1 Å². The number of rotatable bonds is 6. The van der Waals surface area contributed by atoms with Crippen molar-refractivity contribution in [3.63, 3.8) is 0 Å². The van der Waals surface area contributed by atoms with E-state index in [2.05, 4.69) is 4.98 Å². The van der Waals surface area contributed by atoms with E-state index >= 15 is 0 Å². The average molecular weight is 321 g/mol. The number of benzene rings is 1. The first-order valence-electron chi connectivity index (χ1n) is 7.18. The van der Waals surface area contributed by atoms with Crippen molar-refractivity contribution in [3.8, 4) is 0 Å². The molecule has 0 aliphatic carbocycles. The molecule has 118 valence electrons. The van der Waals surface area contributed by atoms with Gasteiger partial charge >= 0.3 is 0 Å². The van der Waals surface area contributed by atoms with Gasteiger partial charge in [-0.3, -0.25) is 4.79 Å². The second-order valence-corrected chi connectivity index (χ2v) is 5.96. The van der Waals surface area contributed by atoms with Crippen molar-refractivity contribution in [1.82, 2.24) is 14.5 Å². The van der Waals surface area contributed by atoms with E-state index in [4.69, 9.17) is 0 Å². The molecule has 1 atom stereocenters. The van der Waals surface area contributed by atoms with Gasteiger partial charge in [0.1, 0.15) is 5.82 Å². The van der Waals surface area contributed by atoms with E-state index in [1.54, 1.807) is 30.3 Å². The van der Waals surface area contributed by atoms with Gasteiger partial charge in [-0.25, -0.2) is 9.37 Å². The molecule has 0 saturated heterocycles. The average Bonchev–Trinajstić information content (AvgIpc) is 2.99. The Balaban J connectivity index is 1.95. The number of carbonyl (C=O) groups excluding carboxylic acids is 1. The molecule has 0 aliphatic rings. The van der Waals surface area contributed by atoms with E-state index in [1.807, 2.05) is 24.6 Å². The van der Waals surface area contributed by atoms with Gasteiger partial charge < -0.3 is 9.47 Å². The molecule has 1 aromatic carbocycles. The third kappa shape index (κ3) is 3.88. The monoisotopic (exact) mass is 321 g/mol. The molecule has 1 amide bonds. The molecule has 4 nitrogen and oxygen atoms in total. The predicted octanol–water partition coefficient (Wildman–Crippen LogP) is 3.35. The summed E-state index contributed by atoms with van der Waals surface area (Å²) < 4.78 is 15.0. The number of carbonyl (C=O) groups is 1. The number of amides is 1. The zero-order chi connectivity index (χ0) is 16.1. The SMILES string of the molecule is CCn1ccnc1SCC(=O)N(C)C(C)c1ccc(F)cc1. The molecule has 6 heteroatoms.